The Hall–Kier alpha value is -1.63. The van der Waals surface area contributed by atoms with Gasteiger partial charge in [0.15, 0.2) is 0 Å². The van der Waals surface area contributed by atoms with Gasteiger partial charge in [0.25, 0.3) is 0 Å². The third-order valence-electron chi connectivity index (χ3n) is 4.87. The van der Waals surface area contributed by atoms with Gasteiger partial charge in [-0.2, -0.15) is 0 Å². The average Bonchev–Trinajstić information content (AvgIpc) is 2.95. The van der Waals surface area contributed by atoms with E-state index in [0.29, 0.717) is 18.1 Å². The first kappa shape index (κ1) is 19.4. The van der Waals surface area contributed by atoms with Gasteiger partial charge in [-0.1, -0.05) is 31.8 Å². The number of rotatable bonds is 8. The molecule has 1 rings (SSSR count). The van der Waals surface area contributed by atoms with Gasteiger partial charge >= 0.3 is 5.97 Å². The molecule has 1 heterocycles. The molecular formula is C16H29N3O4. The van der Waals surface area contributed by atoms with Gasteiger partial charge < -0.3 is 15.6 Å². The number of nitrogens with zero attached hydrogens (tertiary/aromatic N) is 1. The molecule has 1 saturated heterocycles. The van der Waals surface area contributed by atoms with Crippen molar-refractivity contribution in [1.82, 2.24) is 10.6 Å². The number of carboxylic acids is 1. The number of hydrogen-bond donors (Lipinski definition) is 4. The lowest BCUT2D eigenvalue weighted by Gasteiger charge is -2.31. The third kappa shape index (κ3) is 5.20. The van der Waals surface area contributed by atoms with E-state index in [9.17, 15) is 14.7 Å². The molecule has 0 spiro atoms. The van der Waals surface area contributed by atoms with Crippen LogP contribution < -0.4 is 10.6 Å². The van der Waals surface area contributed by atoms with Crippen molar-refractivity contribution in [3.63, 3.8) is 0 Å². The first-order valence-electron chi connectivity index (χ1n) is 8.28. The van der Waals surface area contributed by atoms with E-state index in [2.05, 4.69) is 29.6 Å². The summed E-state index contributed by atoms with van der Waals surface area (Å²) >= 11 is 0. The standard InChI is InChI=1S/C16H29N3O4/c1-5-11(6-2)7-13(17-10(4)20)15-12(9(3)19-23)8-14(18-15)16(21)22/h11-15,18,23H,5-8H2,1-4H3,(H,17,20)(H,21,22)/b19-9-/t12-,13-,14+,15+/m0/s1. The molecule has 0 unspecified atom stereocenters. The molecule has 132 valence electrons. The lowest BCUT2D eigenvalue weighted by molar-refractivity contribution is -0.139. The second-order valence-corrected chi connectivity index (χ2v) is 6.39. The Labute approximate surface area is 137 Å². The number of carbonyl (C=O) groups is 2. The van der Waals surface area contributed by atoms with E-state index in [1.54, 1.807) is 6.92 Å². The van der Waals surface area contributed by atoms with Crippen LogP contribution in [0.4, 0.5) is 0 Å². The number of aliphatic carboxylic acids is 1. The summed E-state index contributed by atoms with van der Waals surface area (Å²) in [6.07, 6.45) is 3.12. The molecule has 1 fully saturated rings. The molecule has 0 bridgehead atoms. The number of carbonyl (C=O) groups excluding carboxylic acids is 1. The van der Waals surface area contributed by atoms with Crippen LogP contribution in [0.15, 0.2) is 5.16 Å². The van der Waals surface area contributed by atoms with Crippen LogP contribution in [0.5, 0.6) is 0 Å². The molecule has 0 aliphatic carbocycles. The van der Waals surface area contributed by atoms with Gasteiger partial charge in [-0.15, -0.1) is 0 Å². The maximum atomic E-state index is 11.6. The van der Waals surface area contributed by atoms with Gasteiger partial charge in [0.05, 0.1) is 5.71 Å². The minimum Gasteiger partial charge on any atom is -0.480 e. The summed E-state index contributed by atoms with van der Waals surface area (Å²) in [4.78, 5) is 22.9. The topological polar surface area (TPSA) is 111 Å². The molecular weight excluding hydrogens is 298 g/mol. The Kier molecular flexibility index (Phi) is 7.48. The molecule has 23 heavy (non-hydrogen) atoms. The summed E-state index contributed by atoms with van der Waals surface area (Å²) in [7, 11) is 0. The van der Waals surface area contributed by atoms with E-state index >= 15 is 0 Å². The van der Waals surface area contributed by atoms with Crippen molar-refractivity contribution in [2.75, 3.05) is 0 Å². The van der Waals surface area contributed by atoms with Gasteiger partial charge in [0, 0.05) is 24.9 Å². The Morgan fingerprint density at radius 3 is 2.35 bits per heavy atom. The Bertz CT molecular complexity index is 449. The van der Waals surface area contributed by atoms with Gasteiger partial charge in [0.2, 0.25) is 5.91 Å². The molecule has 1 aliphatic heterocycles. The second kappa shape index (κ2) is 8.86. The van der Waals surface area contributed by atoms with Crippen LogP contribution in [-0.2, 0) is 9.59 Å². The zero-order chi connectivity index (χ0) is 17.6. The minimum atomic E-state index is -0.924. The lowest BCUT2D eigenvalue weighted by Crippen LogP contribution is -2.53. The maximum Gasteiger partial charge on any atom is 0.320 e. The SMILES string of the molecule is CCC(CC)C[C@H](NC(C)=O)[C@@H]1N[C@@H](C(=O)O)C[C@H]1/C(C)=N\O. The van der Waals surface area contributed by atoms with Crippen molar-refractivity contribution >= 4 is 17.6 Å². The van der Waals surface area contributed by atoms with Gasteiger partial charge in [-0.25, -0.2) is 0 Å². The summed E-state index contributed by atoms with van der Waals surface area (Å²) in [6.45, 7) is 7.37. The molecule has 1 aliphatic rings. The van der Waals surface area contributed by atoms with Gasteiger partial charge in [-0.3, -0.25) is 14.9 Å². The molecule has 0 radical (unpaired) electrons. The summed E-state index contributed by atoms with van der Waals surface area (Å²) in [5.41, 5.74) is 0.492. The molecule has 7 nitrogen and oxygen atoms in total. The monoisotopic (exact) mass is 327 g/mol. The number of oxime groups is 1. The average molecular weight is 327 g/mol. The van der Waals surface area contributed by atoms with Crippen molar-refractivity contribution in [2.24, 2.45) is 17.0 Å². The second-order valence-electron chi connectivity index (χ2n) is 6.39. The van der Waals surface area contributed by atoms with Gasteiger partial charge in [0.1, 0.15) is 6.04 Å². The van der Waals surface area contributed by atoms with Crippen LogP contribution in [0, 0.1) is 11.8 Å². The van der Waals surface area contributed by atoms with Crippen LogP contribution in [-0.4, -0.2) is 46.0 Å². The summed E-state index contributed by atoms with van der Waals surface area (Å²) < 4.78 is 0. The van der Waals surface area contributed by atoms with E-state index in [-0.39, 0.29) is 23.9 Å². The van der Waals surface area contributed by atoms with E-state index in [4.69, 9.17) is 5.21 Å². The van der Waals surface area contributed by atoms with Crippen molar-refractivity contribution in [1.29, 1.82) is 0 Å². The molecule has 0 aromatic rings. The van der Waals surface area contributed by atoms with E-state index in [1.165, 1.54) is 6.92 Å². The first-order valence-corrected chi connectivity index (χ1v) is 8.28. The summed E-state index contributed by atoms with van der Waals surface area (Å²) in [6, 6.07) is -1.14. The Morgan fingerprint density at radius 1 is 1.30 bits per heavy atom. The normalized spacial score (nSPS) is 26.3. The van der Waals surface area contributed by atoms with Crippen LogP contribution >= 0.6 is 0 Å². The summed E-state index contributed by atoms with van der Waals surface area (Å²) in [5, 5.41) is 27.7. The zero-order valence-corrected chi connectivity index (χ0v) is 14.4. The minimum absolute atomic E-state index is 0.140. The number of carboxylic acid groups (broad SMARTS) is 1. The van der Waals surface area contributed by atoms with Crippen molar-refractivity contribution in [3.05, 3.63) is 0 Å². The van der Waals surface area contributed by atoms with Crippen molar-refractivity contribution in [2.45, 2.75) is 71.5 Å². The van der Waals surface area contributed by atoms with Crippen LogP contribution in [0.1, 0.15) is 53.4 Å². The zero-order valence-electron chi connectivity index (χ0n) is 14.4. The van der Waals surface area contributed by atoms with Crippen LogP contribution in [0.25, 0.3) is 0 Å². The molecule has 4 N–H and O–H groups in total. The third-order valence-corrected chi connectivity index (χ3v) is 4.87. The molecule has 7 heteroatoms. The number of nitrogens with one attached hydrogen (secondary N) is 2. The van der Waals surface area contributed by atoms with E-state index in [0.717, 1.165) is 19.3 Å². The van der Waals surface area contributed by atoms with Gasteiger partial charge in [-0.05, 0) is 25.7 Å². The summed E-state index contributed by atoms with van der Waals surface area (Å²) in [5.74, 6) is -0.830. The largest absolute Gasteiger partial charge is 0.480 e. The van der Waals surface area contributed by atoms with E-state index in [1.807, 2.05) is 0 Å². The quantitative estimate of drug-likeness (QED) is 0.307. The highest BCUT2D eigenvalue weighted by Crippen LogP contribution is 2.28. The Balaban J connectivity index is 3.03. The van der Waals surface area contributed by atoms with Crippen molar-refractivity contribution < 1.29 is 19.9 Å². The van der Waals surface area contributed by atoms with E-state index < -0.39 is 12.0 Å². The molecule has 4 atom stereocenters. The first-order chi connectivity index (χ1) is 10.8. The molecule has 1 amide bonds. The predicted molar refractivity (Wildman–Crippen MR) is 87.6 cm³/mol. The van der Waals surface area contributed by atoms with Crippen molar-refractivity contribution in [3.8, 4) is 0 Å². The number of hydrogen-bond acceptors (Lipinski definition) is 5. The fourth-order valence-electron chi connectivity index (χ4n) is 3.43. The lowest BCUT2D eigenvalue weighted by atomic mass is 9.84. The highest BCUT2D eigenvalue weighted by Gasteiger charge is 2.43. The highest BCUT2D eigenvalue weighted by atomic mass is 16.4. The highest BCUT2D eigenvalue weighted by molar-refractivity contribution is 5.87. The number of amides is 1. The maximum absolute atomic E-state index is 11.6. The molecule has 0 saturated carbocycles. The fraction of sp³-hybridized carbons (Fsp3) is 0.812. The van der Waals surface area contributed by atoms with Crippen LogP contribution in [0.3, 0.4) is 0 Å². The predicted octanol–water partition coefficient (Wildman–Crippen LogP) is 1.60. The van der Waals surface area contributed by atoms with Crippen LogP contribution in [0.2, 0.25) is 0 Å². The Morgan fingerprint density at radius 2 is 1.91 bits per heavy atom. The smallest absolute Gasteiger partial charge is 0.320 e. The fourth-order valence-corrected chi connectivity index (χ4v) is 3.43. The molecule has 0 aromatic carbocycles. The molecule has 0 aromatic heterocycles.